The quantitative estimate of drug-likeness (QED) is 0.434. The Morgan fingerprint density at radius 2 is 1.42 bits per heavy atom. The number of hydrogen-bond acceptors (Lipinski definition) is 1. The van der Waals surface area contributed by atoms with Crippen LogP contribution in [0.3, 0.4) is 0 Å². The lowest BCUT2D eigenvalue weighted by atomic mass is 10.0. The first kappa shape index (κ1) is 16.6. The third kappa shape index (κ3) is 3.16. The number of aromatic amines is 1. The topological polar surface area (TPSA) is 28.7 Å². The molecule has 1 heterocycles. The summed E-state index contributed by atoms with van der Waals surface area (Å²) < 4.78 is 0. The molecule has 0 fully saturated rings. The highest BCUT2D eigenvalue weighted by atomic mass is 35.5. The number of rotatable bonds is 3. The second kappa shape index (κ2) is 6.81. The van der Waals surface area contributed by atoms with Crippen molar-refractivity contribution < 1.29 is 0 Å². The van der Waals surface area contributed by atoms with Crippen LogP contribution in [0.25, 0.3) is 33.9 Å². The van der Waals surface area contributed by atoms with Crippen LogP contribution in [0.5, 0.6) is 0 Å². The van der Waals surface area contributed by atoms with Crippen molar-refractivity contribution in [3.05, 3.63) is 88.9 Å². The standard InChI is InChI=1S/C23H19ClN2/c1-15-8-9-19(14-16(15)2)22-21(17-6-4-3-5-7-17)25-23(26-22)18-10-12-20(24)13-11-18/h3-14H,1-2H3,(H,25,26). The molecule has 0 amide bonds. The Hall–Kier alpha value is -2.84. The summed E-state index contributed by atoms with van der Waals surface area (Å²) in [5.74, 6) is 0.841. The van der Waals surface area contributed by atoms with E-state index in [1.165, 1.54) is 11.1 Å². The minimum Gasteiger partial charge on any atom is -0.337 e. The number of H-pyrrole nitrogens is 1. The van der Waals surface area contributed by atoms with Crippen LogP contribution < -0.4 is 0 Å². The third-order valence-corrected chi connectivity index (χ3v) is 4.92. The van der Waals surface area contributed by atoms with Crippen molar-refractivity contribution in [2.45, 2.75) is 13.8 Å². The van der Waals surface area contributed by atoms with E-state index in [9.17, 15) is 0 Å². The summed E-state index contributed by atoms with van der Waals surface area (Å²) in [7, 11) is 0. The summed E-state index contributed by atoms with van der Waals surface area (Å²) in [6.07, 6.45) is 0. The van der Waals surface area contributed by atoms with Crippen LogP contribution in [-0.2, 0) is 0 Å². The second-order valence-corrected chi connectivity index (χ2v) is 6.92. The molecule has 0 saturated heterocycles. The number of nitrogens with zero attached hydrogens (tertiary/aromatic N) is 1. The van der Waals surface area contributed by atoms with E-state index in [-0.39, 0.29) is 0 Å². The van der Waals surface area contributed by atoms with E-state index in [0.29, 0.717) is 0 Å². The van der Waals surface area contributed by atoms with Gasteiger partial charge in [0.1, 0.15) is 5.82 Å². The molecule has 0 radical (unpaired) electrons. The molecule has 0 unspecified atom stereocenters. The molecule has 0 spiro atoms. The van der Waals surface area contributed by atoms with Gasteiger partial charge in [-0.15, -0.1) is 0 Å². The van der Waals surface area contributed by atoms with Crippen molar-refractivity contribution in [1.82, 2.24) is 9.97 Å². The molecule has 128 valence electrons. The first-order valence-electron chi connectivity index (χ1n) is 8.61. The molecule has 3 heteroatoms. The number of halogens is 1. The van der Waals surface area contributed by atoms with Crippen molar-refractivity contribution in [2.24, 2.45) is 0 Å². The van der Waals surface area contributed by atoms with E-state index in [1.54, 1.807) is 0 Å². The van der Waals surface area contributed by atoms with Crippen LogP contribution in [0.4, 0.5) is 0 Å². The van der Waals surface area contributed by atoms with Gasteiger partial charge in [0.2, 0.25) is 0 Å². The highest BCUT2D eigenvalue weighted by Gasteiger charge is 2.15. The molecule has 0 aliphatic heterocycles. The summed E-state index contributed by atoms with van der Waals surface area (Å²) in [4.78, 5) is 8.44. The lowest BCUT2D eigenvalue weighted by molar-refractivity contribution is 1.30. The first-order valence-corrected chi connectivity index (χ1v) is 8.98. The van der Waals surface area contributed by atoms with E-state index in [2.05, 4.69) is 49.2 Å². The van der Waals surface area contributed by atoms with Crippen molar-refractivity contribution >= 4 is 11.6 Å². The first-order chi connectivity index (χ1) is 12.6. The fraction of sp³-hybridized carbons (Fsp3) is 0.0870. The highest BCUT2D eigenvalue weighted by Crippen LogP contribution is 2.34. The Morgan fingerprint density at radius 3 is 2.12 bits per heavy atom. The summed E-state index contributed by atoms with van der Waals surface area (Å²) in [5, 5.41) is 0.720. The number of imidazole rings is 1. The smallest absolute Gasteiger partial charge is 0.138 e. The number of nitrogens with one attached hydrogen (secondary N) is 1. The monoisotopic (exact) mass is 358 g/mol. The summed E-state index contributed by atoms with van der Waals surface area (Å²) in [6, 6.07) is 24.5. The average molecular weight is 359 g/mol. The predicted molar refractivity (Wildman–Crippen MR) is 109 cm³/mol. The molecule has 0 aliphatic rings. The lowest BCUT2D eigenvalue weighted by Crippen LogP contribution is -1.87. The lowest BCUT2D eigenvalue weighted by Gasteiger charge is -2.06. The molecular formula is C23H19ClN2. The van der Waals surface area contributed by atoms with Gasteiger partial charge < -0.3 is 4.98 Å². The van der Waals surface area contributed by atoms with E-state index < -0.39 is 0 Å². The van der Waals surface area contributed by atoms with Crippen LogP contribution in [0.15, 0.2) is 72.8 Å². The maximum absolute atomic E-state index is 6.03. The van der Waals surface area contributed by atoms with Crippen molar-refractivity contribution in [3.8, 4) is 33.9 Å². The molecule has 0 aliphatic carbocycles. The van der Waals surface area contributed by atoms with Gasteiger partial charge in [-0.25, -0.2) is 4.98 Å². The molecule has 0 saturated carbocycles. The van der Waals surface area contributed by atoms with Gasteiger partial charge in [0.25, 0.3) is 0 Å². The van der Waals surface area contributed by atoms with Gasteiger partial charge >= 0.3 is 0 Å². The SMILES string of the molecule is Cc1ccc(-c2nc(-c3ccc(Cl)cc3)[nH]c2-c2ccccc2)cc1C. The Balaban J connectivity index is 1.90. The van der Waals surface area contributed by atoms with E-state index in [1.807, 2.05) is 42.5 Å². The van der Waals surface area contributed by atoms with Gasteiger partial charge in [0, 0.05) is 21.7 Å². The Morgan fingerprint density at radius 1 is 0.731 bits per heavy atom. The third-order valence-electron chi connectivity index (χ3n) is 4.66. The maximum atomic E-state index is 6.03. The molecule has 0 atom stereocenters. The molecule has 3 aromatic carbocycles. The van der Waals surface area contributed by atoms with E-state index >= 15 is 0 Å². The molecule has 4 aromatic rings. The predicted octanol–water partition coefficient (Wildman–Crippen LogP) is 6.68. The average Bonchev–Trinajstić information content (AvgIpc) is 3.11. The normalized spacial score (nSPS) is 10.9. The van der Waals surface area contributed by atoms with Crippen LogP contribution >= 0.6 is 11.6 Å². The molecule has 4 rings (SSSR count). The fourth-order valence-corrected chi connectivity index (χ4v) is 3.16. The van der Waals surface area contributed by atoms with Gasteiger partial charge in [-0.05, 0) is 55.3 Å². The number of aryl methyl sites for hydroxylation is 2. The molecule has 1 aromatic heterocycles. The Kier molecular flexibility index (Phi) is 4.36. The van der Waals surface area contributed by atoms with Crippen LogP contribution in [-0.4, -0.2) is 9.97 Å². The zero-order chi connectivity index (χ0) is 18.1. The molecular weight excluding hydrogens is 340 g/mol. The van der Waals surface area contributed by atoms with E-state index in [4.69, 9.17) is 16.6 Å². The Labute approximate surface area is 158 Å². The summed E-state index contributed by atoms with van der Waals surface area (Å²) in [6.45, 7) is 4.26. The van der Waals surface area contributed by atoms with Gasteiger partial charge in [0.05, 0.1) is 11.4 Å². The van der Waals surface area contributed by atoms with Crippen LogP contribution in [0.1, 0.15) is 11.1 Å². The minimum absolute atomic E-state index is 0.720. The van der Waals surface area contributed by atoms with Gasteiger partial charge in [-0.2, -0.15) is 0 Å². The maximum Gasteiger partial charge on any atom is 0.138 e. The Bertz CT molecular complexity index is 1050. The second-order valence-electron chi connectivity index (χ2n) is 6.48. The highest BCUT2D eigenvalue weighted by molar-refractivity contribution is 6.30. The molecule has 2 nitrogen and oxygen atoms in total. The van der Waals surface area contributed by atoms with Crippen LogP contribution in [0, 0.1) is 13.8 Å². The van der Waals surface area contributed by atoms with Crippen molar-refractivity contribution in [1.29, 1.82) is 0 Å². The zero-order valence-electron chi connectivity index (χ0n) is 14.8. The van der Waals surface area contributed by atoms with E-state index in [0.717, 1.165) is 38.9 Å². The van der Waals surface area contributed by atoms with Crippen molar-refractivity contribution in [2.75, 3.05) is 0 Å². The fourth-order valence-electron chi connectivity index (χ4n) is 3.03. The van der Waals surface area contributed by atoms with Crippen LogP contribution in [0.2, 0.25) is 5.02 Å². The van der Waals surface area contributed by atoms with Gasteiger partial charge in [0.15, 0.2) is 0 Å². The largest absolute Gasteiger partial charge is 0.337 e. The number of aromatic nitrogens is 2. The summed E-state index contributed by atoms with van der Waals surface area (Å²) in [5.41, 5.74) is 7.78. The molecule has 0 bridgehead atoms. The van der Waals surface area contributed by atoms with Gasteiger partial charge in [-0.3, -0.25) is 0 Å². The number of hydrogen-bond donors (Lipinski definition) is 1. The zero-order valence-corrected chi connectivity index (χ0v) is 15.5. The molecule has 26 heavy (non-hydrogen) atoms. The van der Waals surface area contributed by atoms with Crippen molar-refractivity contribution in [3.63, 3.8) is 0 Å². The number of benzene rings is 3. The minimum atomic E-state index is 0.720. The van der Waals surface area contributed by atoms with Gasteiger partial charge in [-0.1, -0.05) is 54.1 Å². The molecule has 1 N–H and O–H groups in total. The summed E-state index contributed by atoms with van der Waals surface area (Å²) >= 11 is 6.03.